The zero-order valence-electron chi connectivity index (χ0n) is 6.21. The highest BCUT2D eigenvalue weighted by molar-refractivity contribution is 5.36. The van der Waals surface area contributed by atoms with Crippen molar-refractivity contribution in [1.82, 2.24) is 4.98 Å². The standard InChI is InChI=1S/C7H4F2N2O2/c8-7(9)4-6(13)5(12)3(1-10)2-11-4/h2,7,13H,(H,11,12). The van der Waals surface area contributed by atoms with Gasteiger partial charge in [-0.05, 0) is 0 Å². The molecular formula is C7H4F2N2O2. The summed E-state index contributed by atoms with van der Waals surface area (Å²) in [7, 11) is 0. The van der Waals surface area contributed by atoms with Crippen molar-refractivity contribution < 1.29 is 13.9 Å². The third-order valence-corrected chi connectivity index (χ3v) is 1.43. The van der Waals surface area contributed by atoms with E-state index in [1.54, 1.807) is 0 Å². The van der Waals surface area contributed by atoms with Crippen LogP contribution in [-0.2, 0) is 0 Å². The molecule has 6 heteroatoms. The average Bonchev–Trinajstić information content (AvgIpc) is 2.09. The Hall–Kier alpha value is -1.90. The molecule has 0 aliphatic carbocycles. The van der Waals surface area contributed by atoms with Crippen molar-refractivity contribution in [3.05, 3.63) is 27.7 Å². The van der Waals surface area contributed by atoms with Crippen LogP contribution in [0.25, 0.3) is 0 Å². The number of hydrogen-bond donors (Lipinski definition) is 2. The molecule has 0 atom stereocenters. The molecule has 0 spiro atoms. The highest BCUT2D eigenvalue weighted by Gasteiger charge is 2.17. The lowest BCUT2D eigenvalue weighted by Gasteiger charge is -2.01. The number of rotatable bonds is 1. The predicted octanol–water partition coefficient (Wildman–Crippen LogP) is 0.890. The van der Waals surface area contributed by atoms with Crippen molar-refractivity contribution in [2.24, 2.45) is 0 Å². The van der Waals surface area contributed by atoms with Gasteiger partial charge in [0.05, 0.1) is 0 Å². The molecule has 1 aromatic rings. The maximum absolute atomic E-state index is 12.0. The molecule has 0 amide bonds. The number of halogens is 2. The Morgan fingerprint density at radius 1 is 1.62 bits per heavy atom. The lowest BCUT2D eigenvalue weighted by Crippen LogP contribution is -2.09. The summed E-state index contributed by atoms with van der Waals surface area (Å²) in [6.45, 7) is 0. The zero-order valence-corrected chi connectivity index (χ0v) is 6.21. The van der Waals surface area contributed by atoms with Crippen molar-refractivity contribution >= 4 is 0 Å². The summed E-state index contributed by atoms with van der Waals surface area (Å²) < 4.78 is 24.1. The summed E-state index contributed by atoms with van der Waals surface area (Å²) >= 11 is 0. The molecule has 0 fully saturated rings. The van der Waals surface area contributed by atoms with E-state index in [9.17, 15) is 13.6 Å². The number of nitriles is 1. The molecule has 1 rings (SSSR count). The van der Waals surface area contributed by atoms with Gasteiger partial charge in [0.2, 0.25) is 5.43 Å². The molecular weight excluding hydrogens is 182 g/mol. The SMILES string of the molecule is N#Cc1c[nH]c(C(F)F)c(O)c1=O. The minimum atomic E-state index is -2.97. The van der Waals surface area contributed by atoms with Gasteiger partial charge in [-0.2, -0.15) is 5.26 Å². The number of aromatic amines is 1. The number of H-pyrrole nitrogens is 1. The molecule has 0 aromatic carbocycles. The van der Waals surface area contributed by atoms with E-state index >= 15 is 0 Å². The first-order valence-corrected chi connectivity index (χ1v) is 3.20. The van der Waals surface area contributed by atoms with Crippen LogP contribution in [0.3, 0.4) is 0 Å². The van der Waals surface area contributed by atoms with Gasteiger partial charge in [0.25, 0.3) is 6.43 Å². The maximum atomic E-state index is 12.0. The Bertz CT molecular complexity index is 419. The first-order chi connectivity index (χ1) is 6.07. The smallest absolute Gasteiger partial charge is 0.282 e. The highest BCUT2D eigenvalue weighted by atomic mass is 19.3. The van der Waals surface area contributed by atoms with E-state index < -0.39 is 28.9 Å². The maximum Gasteiger partial charge on any atom is 0.282 e. The molecule has 0 unspecified atom stereocenters. The Morgan fingerprint density at radius 3 is 2.69 bits per heavy atom. The van der Waals surface area contributed by atoms with Crippen LogP contribution in [0.5, 0.6) is 5.75 Å². The number of alkyl halides is 2. The quantitative estimate of drug-likeness (QED) is 0.683. The summed E-state index contributed by atoms with van der Waals surface area (Å²) in [5.41, 5.74) is -2.36. The van der Waals surface area contributed by atoms with Crippen molar-refractivity contribution in [3.63, 3.8) is 0 Å². The number of aromatic nitrogens is 1. The van der Waals surface area contributed by atoms with Gasteiger partial charge in [0.1, 0.15) is 17.3 Å². The van der Waals surface area contributed by atoms with Gasteiger partial charge in [-0.25, -0.2) is 8.78 Å². The monoisotopic (exact) mass is 186 g/mol. The minimum Gasteiger partial charge on any atom is -0.503 e. The summed E-state index contributed by atoms with van der Waals surface area (Å²) in [4.78, 5) is 12.9. The number of pyridine rings is 1. The van der Waals surface area contributed by atoms with E-state index in [4.69, 9.17) is 10.4 Å². The molecule has 13 heavy (non-hydrogen) atoms. The van der Waals surface area contributed by atoms with E-state index in [-0.39, 0.29) is 0 Å². The summed E-state index contributed by atoms with van der Waals surface area (Å²) in [5, 5.41) is 17.2. The Labute approximate surface area is 71.1 Å². The number of nitrogens with one attached hydrogen (secondary N) is 1. The Kier molecular flexibility index (Phi) is 2.28. The third-order valence-electron chi connectivity index (χ3n) is 1.43. The summed E-state index contributed by atoms with van der Waals surface area (Å²) in [6, 6.07) is 1.45. The van der Waals surface area contributed by atoms with Crippen molar-refractivity contribution in [3.8, 4) is 11.8 Å². The third kappa shape index (κ3) is 1.49. The number of hydrogen-bond acceptors (Lipinski definition) is 3. The van der Waals surface area contributed by atoms with Crippen LogP contribution in [0.4, 0.5) is 8.78 Å². The minimum absolute atomic E-state index is 0.401. The van der Waals surface area contributed by atoms with E-state index in [0.717, 1.165) is 6.20 Å². The first kappa shape index (κ1) is 9.19. The van der Waals surface area contributed by atoms with Gasteiger partial charge in [-0.1, -0.05) is 0 Å². The van der Waals surface area contributed by atoms with Gasteiger partial charge in [-0.15, -0.1) is 0 Å². The van der Waals surface area contributed by atoms with Crippen molar-refractivity contribution in [2.75, 3.05) is 0 Å². The average molecular weight is 186 g/mol. The molecule has 4 nitrogen and oxygen atoms in total. The van der Waals surface area contributed by atoms with E-state index in [1.165, 1.54) is 6.07 Å². The fourth-order valence-corrected chi connectivity index (χ4v) is 0.783. The van der Waals surface area contributed by atoms with Gasteiger partial charge in [-0.3, -0.25) is 4.79 Å². The molecule has 2 N–H and O–H groups in total. The van der Waals surface area contributed by atoms with Crippen molar-refractivity contribution in [1.29, 1.82) is 5.26 Å². The Morgan fingerprint density at radius 2 is 2.23 bits per heavy atom. The van der Waals surface area contributed by atoms with Crippen LogP contribution in [0.2, 0.25) is 0 Å². The van der Waals surface area contributed by atoms with E-state index in [2.05, 4.69) is 0 Å². The van der Waals surface area contributed by atoms with Crippen LogP contribution in [0.1, 0.15) is 17.7 Å². The van der Waals surface area contributed by atoms with Crippen molar-refractivity contribution in [2.45, 2.75) is 6.43 Å². The van der Waals surface area contributed by atoms with Crippen LogP contribution < -0.4 is 5.43 Å². The predicted molar refractivity (Wildman–Crippen MR) is 38.4 cm³/mol. The van der Waals surface area contributed by atoms with E-state index in [1.807, 2.05) is 4.98 Å². The topological polar surface area (TPSA) is 76.9 Å². The summed E-state index contributed by atoms with van der Waals surface area (Å²) in [5.74, 6) is -1.10. The molecule has 0 saturated heterocycles. The second-order valence-electron chi connectivity index (χ2n) is 2.21. The molecule has 0 bridgehead atoms. The molecule has 1 aromatic heterocycles. The molecule has 1 heterocycles. The van der Waals surface area contributed by atoms with Gasteiger partial charge in [0.15, 0.2) is 5.75 Å². The van der Waals surface area contributed by atoms with Gasteiger partial charge in [0, 0.05) is 6.20 Å². The lowest BCUT2D eigenvalue weighted by molar-refractivity contribution is 0.141. The zero-order chi connectivity index (χ0) is 10.0. The van der Waals surface area contributed by atoms with Crippen LogP contribution >= 0.6 is 0 Å². The largest absolute Gasteiger partial charge is 0.503 e. The van der Waals surface area contributed by atoms with Crippen LogP contribution in [0.15, 0.2) is 11.0 Å². The number of aromatic hydroxyl groups is 1. The second-order valence-corrected chi connectivity index (χ2v) is 2.21. The first-order valence-electron chi connectivity index (χ1n) is 3.20. The highest BCUT2D eigenvalue weighted by Crippen LogP contribution is 2.22. The van der Waals surface area contributed by atoms with Gasteiger partial charge < -0.3 is 10.1 Å². The summed E-state index contributed by atoms with van der Waals surface area (Å²) in [6.07, 6.45) is -2.13. The molecule has 68 valence electrons. The molecule has 0 aliphatic rings. The van der Waals surface area contributed by atoms with Crippen LogP contribution in [0, 0.1) is 11.3 Å². The number of nitrogens with zero attached hydrogens (tertiary/aromatic N) is 1. The molecule has 0 radical (unpaired) electrons. The lowest BCUT2D eigenvalue weighted by atomic mass is 10.2. The second kappa shape index (κ2) is 3.23. The normalized spacial score (nSPS) is 10.0. The fourth-order valence-electron chi connectivity index (χ4n) is 0.783. The molecule has 0 saturated carbocycles. The molecule has 0 aliphatic heterocycles. The van der Waals surface area contributed by atoms with Crippen LogP contribution in [-0.4, -0.2) is 10.1 Å². The fraction of sp³-hybridized carbons (Fsp3) is 0.143. The van der Waals surface area contributed by atoms with Gasteiger partial charge >= 0.3 is 0 Å². The Balaban J connectivity index is 3.43. The van der Waals surface area contributed by atoms with E-state index in [0.29, 0.717) is 0 Å².